The van der Waals surface area contributed by atoms with Crippen molar-refractivity contribution in [2.45, 2.75) is 19.9 Å². The third-order valence-electron chi connectivity index (χ3n) is 5.22. The lowest BCUT2D eigenvalue weighted by Crippen LogP contribution is -2.50. The highest BCUT2D eigenvalue weighted by molar-refractivity contribution is 6.30. The maximum absolute atomic E-state index is 13.1. The molecule has 1 aliphatic rings. The van der Waals surface area contributed by atoms with Gasteiger partial charge in [-0.15, -0.1) is 0 Å². The Morgan fingerprint density at radius 1 is 1.07 bits per heavy atom. The highest BCUT2D eigenvalue weighted by Crippen LogP contribution is 2.18. The van der Waals surface area contributed by atoms with Crippen LogP contribution in [0.1, 0.15) is 23.7 Å². The molecule has 0 N–H and O–H groups in total. The van der Waals surface area contributed by atoms with E-state index in [1.807, 2.05) is 29.2 Å². The molecule has 1 saturated heterocycles. The average molecular weight is 411 g/mol. The van der Waals surface area contributed by atoms with Gasteiger partial charge in [0, 0.05) is 43.3 Å². The van der Waals surface area contributed by atoms with Crippen molar-refractivity contribution in [3.05, 3.63) is 69.5 Å². The van der Waals surface area contributed by atoms with Crippen LogP contribution < -0.4 is 10.5 Å². The Morgan fingerprint density at radius 2 is 1.83 bits per heavy atom. The molecule has 1 amide bonds. The zero-order chi connectivity index (χ0) is 20.4. The number of piperazine rings is 1. The fraction of sp³-hybridized carbons (Fsp3) is 0.318. The Balaban J connectivity index is 1.57. The fourth-order valence-corrected chi connectivity index (χ4v) is 3.95. The van der Waals surface area contributed by atoms with E-state index >= 15 is 0 Å². The van der Waals surface area contributed by atoms with Gasteiger partial charge in [0.1, 0.15) is 0 Å². The number of aromatic nitrogens is 2. The van der Waals surface area contributed by atoms with Crippen molar-refractivity contribution in [3.63, 3.8) is 0 Å². The van der Waals surface area contributed by atoms with Gasteiger partial charge in [-0.25, -0.2) is 4.98 Å². The fourth-order valence-electron chi connectivity index (χ4n) is 3.76. The summed E-state index contributed by atoms with van der Waals surface area (Å²) in [5, 5.41) is 0.548. The highest BCUT2D eigenvalue weighted by Gasteiger charge is 2.25. The second-order valence-corrected chi connectivity index (χ2v) is 7.61. The van der Waals surface area contributed by atoms with Crippen LogP contribution >= 0.6 is 11.6 Å². The van der Waals surface area contributed by atoms with Gasteiger partial charge in [0.05, 0.1) is 11.0 Å². The molecule has 0 atom stereocenters. The standard InChI is InChI=1S/C22H23ClN4O2/c1-2-10-27-19-9-4-3-8-18(19)24-20(22(27)29)25-11-13-26(14-12-25)21(28)16-6-5-7-17(23)15-16/h3-9,15H,2,10-14H2,1H3. The molecule has 1 fully saturated rings. The number of anilines is 1. The Hall–Kier alpha value is -2.86. The van der Waals surface area contributed by atoms with Crippen molar-refractivity contribution in [2.24, 2.45) is 0 Å². The van der Waals surface area contributed by atoms with Crippen molar-refractivity contribution in [3.8, 4) is 0 Å². The van der Waals surface area contributed by atoms with Crippen molar-refractivity contribution < 1.29 is 4.79 Å². The van der Waals surface area contributed by atoms with Crippen LogP contribution in [0, 0.1) is 0 Å². The summed E-state index contributed by atoms with van der Waals surface area (Å²) in [5.74, 6) is 0.425. The summed E-state index contributed by atoms with van der Waals surface area (Å²) >= 11 is 6.01. The van der Waals surface area contributed by atoms with Gasteiger partial charge >= 0.3 is 0 Å². The van der Waals surface area contributed by atoms with Crippen LogP contribution in [-0.4, -0.2) is 46.5 Å². The molecule has 0 radical (unpaired) electrons. The molecule has 0 spiro atoms. The lowest BCUT2D eigenvalue weighted by Gasteiger charge is -2.35. The van der Waals surface area contributed by atoms with E-state index in [2.05, 4.69) is 11.9 Å². The predicted octanol–water partition coefficient (Wildman–Crippen LogP) is 3.42. The molecule has 6 nitrogen and oxygen atoms in total. The van der Waals surface area contributed by atoms with Crippen molar-refractivity contribution in [1.29, 1.82) is 0 Å². The van der Waals surface area contributed by atoms with Crippen molar-refractivity contribution in [2.75, 3.05) is 31.1 Å². The third kappa shape index (κ3) is 3.85. The summed E-state index contributed by atoms with van der Waals surface area (Å²) < 4.78 is 1.81. The number of carbonyl (C=O) groups is 1. The number of benzene rings is 2. The van der Waals surface area contributed by atoms with Gasteiger partial charge in [-0.3, -0.25) is 9.59 Å². The smallest absolute Gasteiger partial charge is 0.294 e. The van der Waals surface area contributed by atoms with E-state index < -0.39 is 0 Å². The maximum Gasteiger partial charge on any atom is 0.294 e. The van der Waals surface area contributed by atoms with Gasteiger partial charge in [-0.2, -0.15) is 0 Å². The highest BCUT2D eigenvalue weighted by atomic mass is 35.5. The number of aryl methyl sites for hydroxylation is 1. The second-order valence-electron chi connectivity index (χ2n) is 7.17. The van der Waals surface area contributed by atoms with Crippen LogP contribution in [-0.2, 0) is 6.54 Å². The molecule has 1 aliphatic heterocycles. The van der Waals surface area contributed by atoms with E-state index in [1.165, 1.54) is 0 Å². The molecule has 7 heteroatoms. The first-order chi connectivity index (χ1) is 14.1. The number of carbonyl (C=O) groups excluding carboxylic acids is 1. The lowest BCUT2D eigenvalue weighted by atomic mass is 10.2. The first-order valence-electron chi connectivity index (χ1n) is 9.88. The molecule has 150 valence electrons. The zero-order valence-corrected chi connectivity index (χ0v) is 17.1. The van der Waals surface area contributed by atoms with Crippen LogP contribution in [0.4, 0.5) is 5.82 Å². The summed E-state index contributed by atoms with van der Waals surface area (Å²) in [6.45, 7) is 4.92. The van der Waals surface area contributed by atoms with Gasteiger partial charge in [-0.1, -0.05) is 36.7 Å². The van der Waals surface area contributed by atoms with E-state index in [0.29, 0.717) is 49.1 Å². The minimum absolute atomic E-state index is 0.0398. The molecule has 1 aromatic heterocycles. The second kappa shape index (κ2) is 8.25. The van der Waals surface area contributed by atoms with Crippen LogP contribution in [0.5, 0.6) is 0 Å². The normalized spacial score (nSPS) is 14.4. The number of amides is 1. The SMILES string of the molecule is CCCn1c(=O)c(N2CCN(C(=O)c3cccc(Cl)c3)CC2)nc2ccccc21. The van der Waals surface area contributed by atoms with Crippen LogP contribution in [0.3, 0.4) is 0 Å². The third-order valence-corrected chi connectivity index (χ3v) is 5.46. The van der Waals surface area contributed by atoms with Gasteiger partial charge in [-0.05, 0) is 36.8 Å². The molecule has 0 saturated carbocycles. The van der Waals surface area contributed by atoms with Gasteiger partial charge in [0.15, 0.2) is 5.82 Å². The number of fused-ring (bicyclic) bond motifs is 1. The first-order valence-corrected chi connectivity index (χ1v) is 10.3. The van der Waals surface area contributed by atoms with E-state index in [0.717, 1.165) is 17.5 Å². The van der Waals surface area contributed by atoms with Crippen molar-refractivity contribution >= 4 is 34.4 Å². The molecular formula is C22H23ClN4O2. The molecule has 3 aromatic rings. The summed E-state index contributed by atoms with van der Waals surface area (Å²) in [5.41, 5.74) is 2.19. The Labute approximate surface area is 174 Å². The van der Waals surface area contributed by atoms with E-state index in [9.17, 15) is 9.59 Å². The Kier molecular flexibility index (Phi) is 5.53. The van der Waals surface area contributed by atoms with E-state index in [1.54, 1.807) is 33.7 Å². The number of rotatable bonds is 4. The number of hydrogen-bond donors (Lipinski definition) is 0. The topological polar surface area (TPSA) is 58.4 Å². The molecule has 0 aliphatic carbocycles. The zero-order valence-electron chi connectivity index (χ0n) is 16.3. The predicted molar refractivity (Wildman–Crippen MR) is 116 cm³/mol. The average Bonchev–Trinajstić information content (AvgIpc) is 2.75. The minimum atomic E-state index is -0.0693. The molecule has 0 unspecified atom stereocenters. The van der Waals surface area contributed by atoms with Crippen LogP contribution in [0.2, 0.25) is 5.02 Å². The molecule has 4 rings (SSSR count). The molecule has 2 aromatic carbocycles. The minimum Gasteiger partial charge on any atom is -0.348 e. The van der Waals surface area contributed by atoms with Crippen LogP contribution in [0.15, 0.2) is 53.3 Å². The van der Waals surface area contributed by atoms with Gasteiger partial charge in [0.25, 0.3) is 11.5 Å². The van der Waals surface area contributed by atoms with Gasteiger partial charge < -0.3 is 14.4 Å². The van der Waals surface area contributed by atoms with E-state index in [4.69, 9.17) is 11.6 Å². The first kappa shape index (κ1) is 19.5. The van der Waals surface area contributed by atoms with Gasteiger partial charge in [0.2, 0.25) is 0 Å². The number of para-hydroxylation sites is 2. The molecule has 29 heavy (non-hydrogen) atoms. The number of nitrogens with zero attached hydrogens (tertiary/aromatic N) is 4. The molecule has 0 bridgehead atoms. The lowest BCUT2D eigenvalue weighted by molar-refractivity contribution is 0.0746. The number of halogens is 1. The maximum atomic E-state index is 13.1. The summed E-state index contributed by atoms with van der Waals surface area (Å²) in [6.07, 6.45) is 0.870. The number of hydrogen-bond acceptors (Lipinski definition) is 4. The summed E-state index contributed by atoms with van der Waals surface area (Å²) in [7, 11) is 0. The van der Waals surface area contributed by atoms with Crippen LogP contribution in [0.25, 0.3) is 11.0 Å². The monoisotopic (exact) mass is 410 g/mol. The summed E-state index contributed by atoms with van der Waals surface area (Å²) in [6, 6.07) is 14.7. The Bertz CT molecular complexity index is 1100. The largest absolute Gasteiger partial charge is 0.348 e. The van der Waals surface area contributed by atoms with Crippen molar-refractivity contribution in [1.82, 2.24) is 14.5 Å². The molecule has 2 heterocycles. The quantitative estimate of drug-likeness (QED) is 0.661. The van der Waals surface area contributed by atoms with E-state index in [-0.39, 0.29) is 11.5 Å². The molecular weight excluding hydrogens is 388 g/mol. The Morgan fingerprint density at radius 3 is 2.55 bits per heavy atom. The summed E-state index contributed by atoms with van der Waals surface area (Å²) in [4.78, 5) is 34.3.